The molecule has 2 heterocycles. The second-order valence-corrected chi connectivity index (χ2v) is 16.8. The smallest absolute Gasteiger partial charge is 0.145 e. The molecule has 0 bridgehead atoms. The average molecular weight is 833 g/mol. The summed E-state index contributed by atoms with van der Waals surface area (Å²) in [6.07, 6.45) is 0. The van der Waals surface area contributed by atoms with Crippen LogP contribution in [0.4, 0.5) is 34.1 Å². The lowest BCUT2D eigenvalue weighted by Crippen LogP contribution is -2.32. The number of fused-ring (bicyclic) bond motifs is 12. The SMILES string of the molecule is c1ccc(-c2ccc(N(c3ccc(N(c4ccccc4)c4ccccc4)cc3)c3ccc4c(c3)C3(c5ccccc5Oc5ccccc53)c3ccccc3-4)c3c2oc2ccccc23)cc1. The summed E-state index contributed by atoms with van der Waals surface area (Å²) < 4.78 is 13.6. The normalized spacial score (nSPS) is 12.9. The lowest BCUT2D eigenvalue weighted by molar-refractivity contribution is 0.436. The Bertz CT molecular complexity index is 3500. The van der Waals surface area contributed by atoms with Crippen molar-refractivity contribution in [2.24, 2.45) is 0 Å². The molecule has 0 N–H and O–H groups in total. The van der Waals surface area contributed by atoms with E-state index in [0.29, 0.717) is 0 Å². The van der Waals surface area contributed by atoms with Gasteiger partial charge >= 0.3 is 0 Å². The highest BCUT2D eigenvalue weighted by Gasteiger charge is 2.51. The molecule has 0 radical (unpaired) electrons. The molecule has 0 atom stereocenters. The van der Waals surface area contributed by atoms with E-state index in [9.17, 15) is 0 Å². The van der Waals surface area contributed by atoms with Crippen LogP contribution in [0, 0.1) is 0 Å². The standard InChI is InChI=1S/C61H40N2O2/c1-4-18-41(19-5-1)47-38-39-55(59-50-25-11-15-29-56(50)65-60(47)59)63(45-34-32-44(33-35-45)62(42-20-6-2-7-21-42)43-22-8-3-9-23-43)46-36-37-49-48-24-10-12-26-51(48)61(54(49)40-46)52-27-13-16-30-57(52)64-58-31-17-14-28-53(58)61/h1-40H. The zero-order valence-electron chi connectivity index (χ0n) is 35.3. The van der Waals surface area contributed by atoms with Crippen LogP contribution in [0.25, 0.3) is 44.2 Å². The van der Waals surface area contributed by atoms with Crippen LogP contribution in [0.1, 0.15) is 22.3 Å². The van der Waals surface area contributed by atoms with Crippen molar-refractivity contribution in [1.82, 2.24) is 0 Å². The maximum Gasteiger partial charge on any atom is 0.145 e. The minimum atomic E-state index is -0.621. The Morgan fingerprint density at radius 2 is 0.831 bits per heavy atom. The van der Waals surface area contributed by atoms with E-state index in [4.69, 9.17) is 9.15 Å². The van der Waals surface area contributed by atoms with E-state index in [2.05, 4.69) is 252 Å². The third-order valence-electron chi connectivity index (χ3n) is 13.3. The average Bonchev–Trinajstić information content (AvgIpc) is 3.90. The lowest BCUT2D eigenvalue weighted by atomic mass is 9.66. The van der Waals surface area contributed by atoms with Crippen LogP contribution < -0.4 is 14.5 Å². The van der Waals surface area contributed by atoms with Crippen LogP contribution in [0.15, 0.2) is 247 Å². The van der Waals surface area contributed by atoms with Crippen molar-refractivity contribution in [2.75, 3.05) is 9.80 Å². The molecule has 10 aromatic carbocycles. The molecule has 1 aliphatic carbocycles. The summed E-state index contributed by atoms with van der Waals surface area (Å²) in [6.45, 7) is 0. The van der Waals surface area contributed by atoms with Gasteiger partial charge in [0.25, 0.3) is 0 Å². The molecule has 1 aliphatic heterocycles. The number of ether oxygens (including phenoxy) is 1. The number of anilines is 6. The third-order valence-corrected chi connectivity index (χ3v) is 13.3. The summed E-state index contributed by atoms with van der Waals surface area (Å²) in [6, 6.07) is 86.7. The number of para-hydroxylation sites is 5. The molecule has 4 nitrogen and oxygen atoms in total. The molecule has 4 heteroatoms. The summed E-state index contributed by atoms with van der Waals surface area (Å²) in [5.74, 6) is 1.74. The van der Waals surface area contributed by atoms with Crippen LogP contribution >= 0.6 is 0 Å². The topological polar surface area (TPSA) is 28.9 Å². The van der Waals surface area contributed by atoms with Crippen molar-refractivity contribution in [3.8, 4) is 33.8 Å². The Kier molecular flexibility index (Phi) is 8.40. The fourth-order valence-electron chi connectivity index (χ4n) is 10.6. The highest BCUT2D eigenvalue weighted by molar-refractivity contribution is 6.17. The highest BCUT2D eigenvalue weighted by atomic mass is 16.5. The summed E-state index contributed by atoms with van der Waals surface area (Å²) in [5, 5.41) is 2.12. The van der Waals surface area contributed by atoms with Gasteiger partial charge in [-0.3, -0.25) is 0 Å². The molecule has 0 unspecified atom stereocenters. The zero-order chi connectivity index (χ0) is 42.9. The monoisotopic (exact) mass is 832 g/mol. The first-order chi connectivity index (χ1) is 32.3. The predicted molar refractivity (Wildman–Crippen MR) is 266 cm³/mol. The lowest BCUT2D eigenvalue weighted by Gasteiger charge is -2.39. The number of hydrogen-bond acceptors (Lipinski definition) is 4. The van der Waals surface area contributed by atoms with Gasteiger partial charge < -0.3 is 19.0 Å². The number of rotatable bonds is 7. The van der Waals surface area contributed by atoms with Crippen molar-refractivity contribution >= 4 is 56.1 Å². The summed E-state index contributed by atoms with van der Waals surface area (Å²) in [5.41, 5.74) is 16.7. The fraction of sp³-hybridized carbons (Fsp3) is 0.0164. The van der Waals surface area contributed by atoms with E-state index < -0.39 is 5.41 Å². The molecule has 65 heavy (non-hydrogen) atoms. The number of benzene rings is 10. The molecule has 11 aromatic rings. The largest absolute Gasteiger partial charge is 0.457 e. The Morgan fingerprint density at radius 1 is 0.338 bits per heavy atom. The van der Waals surface area contributed by atoms with E-state index in [-0.39, 0.29) is 0 Å². The number of furan rings is 1. The summed E-state index contributed by atoms with van der Waals surface area (Å²) in [4.78, 5) is 4.73. The molecule has 1 spiro atoms. The van der Waals surface area contributed by atoms with Gasteiger partial charge in [0.2, 0.25) is 0 Å². The van der Waals surface area contributed by atoms with Gasteiger partial charge in [-0.05, 0) is 119 Å². The Hall–Kier alpha value is -8.60. The van der Waals surface area contributed by atoms with E-state index in [0.717, 1.165) is 89.8 Å². The third kappa shape index (κ3) is 5.64. The molecule has 0 fully saturated rings. The van der Waals surface area contributed by atoms with Gasteiger partial charge in [-0.15, -0.1) is 0 Å². The first kappa shape index (κ1) is 37.0. The van der Waals surface area contributed by atoms with Gasteiger partial charge in [0.1, 0.15) is 22.7 Å². The second-order valence-electron chi connectivity index (χ2n) is 16.8. The van der Waals surface area contributed by atoms with Crippen molar-refractivity contribution < 1.29 is 9.15 Å². The van der Waals surface area contributed by atoms with Crippen LogP contribution in [0.2, 0.25) is 0 Å². The number of hydrogen-bond donors (Lipinski definition) is 0. The van der Waals surface area contributed by atoms with Gasteiger partial charge in [-0.1, -0.05) is 152 Å². The molecule has 1 aromatic heterocycles. The fourth-order valence-corrected chi connectivity index (χ4v) is 10.6. The van der Waals surface area contributed by atoms with Crippen molar-refractivity contribution in [3.05, 3.63) is 265 Å². The molecule has 0 saturated carbocycles. The van der Waals surface area contributed by atoms with E-state index in [1.807, 2.05) is 0 Å². The van der Waals surface area contributed by atoms with Crippen LogP contribution in [0.5, 0.6) is 11.5 Å². The van der Waals surface area contributed by atoms with E-state index in [1.54, 1.807) is 0 Å². The van der Waals surface area contributed by atoms with Gasteiger partial charge in [0, 0.05) is 50.5 Å². The van der Waals surface area contributed by atoms with Gasteiger partial charge in [0.15, 0.2) is 0 Å². The second kappa shape index (κ2) is 14.8. The molecular formula is C61H40N2O2. The first-order valence-corrected chi connectivity index (χ1v) is 22.2. The van der Waals surface area contributed by atoms with Gasteiger partial charge in [0.05, 0.1) is 16.5 Å². The molecule has 0 saturated heterocycles. The van der Waals surface area contributed by atoms with Crippen LogP contribution in [-0.4, -0.2) is 0 Å². The highest BCUT2D eigenvalue weighted by Crippen LogP contribution is 2.63. The van der Waals surface area contributed by atoms with Crippen molar-refractivity contribution in [3.63, 3.8) is 0 Å². The molecule has 0 amide bonds. The molecule has 306 valence electrons. The molecule has 13 rings (SSSR count). The van der Waals surface area contributed by atoms with E-state index in [1.165, 1.54) is 22.3 Å². The quantitative estimate of drug-likeness (QED) is 0.160. The Labute approximate surface area is 377 Å². The van der Waals surface area contributed by atoms with Crippen molar-refractivity contribution in [1.29, 1.82) is 0 Å². The molecular weight excluding hydrogens is 793 g/mol. The predicted octanol–water partition coefficient (Wildman–Crippen LogP) is 16.7. The van der Waals surface area contributed by atoms with Crippen LogP contribution in [0.3, 0.4) is 0 Å². The zero-order valence-corrected chi connectivity index (χ0v) is 35.3. The summed E-state index contributed by atoms with van der Waals surface area (Å²) in [7, 11) is 0. The maximum atomic E-state index is 6.89. The van der Waals surface area contributed by atoms with E-state index >= 15 is 0 Å². The first-order valence-electron chi connectivity index (χ1n) is 22.2. The molecule has 2 aliphatic rings. The Balaban J connectivity index is 1.08. The minimum absolute atomic E-state index is 0.621. The van der Waals surface area contributed by atoms with Gasteiger partial charge in [-0.25, -0.2) is 0 Å². The summed E-state index contributed by atoms with van der Waals surface area (Å²) >= 11 is 0. The number of nitrogens with zero attached hydrogens (tertiary/aromatic N) is 2. The maximum absolute atomic E-state index is 6.89. The van der Waals surface area contributed by atoms with Gasteiger partial charge in [-0.2, -0.15) is 0 Å². The van der Waals surface area contributed by atoms with Crippen LogP contribution in [-0.2, 0) is 5.41 Å². The minimum Gasteiger partial charge on any atom is -0.457 e. The Morgan fingerprint density at radius 3 is 1.51 bits per heavy atom. The van der Waals surface area contributed by atoms with Crippen molar-refractivity contribution in [2.45, 2.75) is 5.41 Å².